The van der Waals surface area contributed by atoms with E-state index in [1.54, 1.807) is 0 Å². The molecule has 5 aromatic heterocycles. The lowest BCUT2D eigenvalue weighted by molar-refractivity contribution is 0.689. The van der Waals surface area contributed by atoms with Crippen LogP contribution in [-0.2, 0) is 0 Å². The van der Waals surface area contributed by atoms with Crippen LogP contribution < -0.4 is 0 Å². The van der Waals surface area contributed by atoms with E-state index < -0.39 is 0 Å². The zero-order chi connectivity index (χ0) is 23.1. The van der Waals surface area contributed by atoms with Gasteiger partial charge in [-0.25, -0.2) is 0 Å². The van der Waals surface area contributed by atoms with E-state index >= 15 is 0 Å². The molecule has 4 atom stereocenters. The molecule has 9 heterocycles. The Morgan fingerprint density at radius 1 is 0.694 bits per heavy atom. The summed E-state index contributed by atoms with van der Waals surface area (Å²) in [4.78, 5) is 0. The number of thioether (sulfide) groups is 2. The number of pyridine rings is 1. The van der Waals surface area contributed by atoms with Crippen molar-refractivity contribution in [2.75, 3.05) is 0 Å². The molecule has 0 fully saturated rings. The summed E-state index contributed by atoms with van der Waals surface area (Å²) in [5, 5.41) is 10.6. The van der Waals surface area contributed by atoms with Crippen LogP contribution in [0.5, 0.6) is 0 Å². The van der Waals surface area contributed by atoms with Crippen LogP contribution in [0, 0.1) is 0 Å². The van der Waals surface area contributed by atoms with Crippen molar-refractivity contribution in [3.05, 3.63) is 112 Å². The fraction of sp³-hybridized carbons (Fsp3) is 0.133. The summed E-state index contributed by atoms with van der Waals surface area (Å²) in [7, 11) is 0. The number of fused-ring (bicyclic) bond motifs is 21. The zero-order valence-electron chi connectivity index (χ0n) is 19.0. The number of allylic oxidation sites excluding steroid dienone is 2. The zero-order valence-corrected chi connectivity index (χ0v) is 21.5. The first kappa shape index (κ1) is 19.1. The second-order valence-electron chi connectivity index (χ2n) is 10.1. The molecular weight excluding hydrogens is 499 g/mol. The van der Waals surface area contributed by atoms with Crippen molar-refractivity contribution >= 4 is 61.4 Å². The quantitative estimate of drug-likeness (QED) is 0.200. The molecule has 10 rings (SSSR count). The van der Waals surface area contributed by atoms with Gasteiger partial charge < -0.3 is 13.5 Å². The van der Waals surface area contributed by atoms with Crippen molar-refractivity contribution in [3.8, 4) is 11.4 Å². The third-order valence-corrected chi connectivity index (χ3v) is 11.8. The number of hydrogen-bond acceptors (Lipinski definition) is 3. The molecule has 172 valence electrons. The molecule has 3 nitrogen and oxygen atoms in total. The van der Waals surface area contributed by atoms with Crippen LogP contribution >= 0.6 is 34.9 Å². The van der Waals surface area contributed by atoms with Gasteiger partial charge in [-0.15, -0.1) is 34.9 Å². The van der Waals surface area contributed by atoms with Gasteiger partial charge in [0.2, 0.25) is 0 Å². The predicted molar refractivity (Wildman–Crippen MR) is 153 cm³/mol. The van der Waals surface area contributed by atoms with Gasteiger partial charge in [0.05, 0.1) is 37.6 Å². The second-order valence-corrected chi connectivity index (χ2v) is 13.1. The van der Waals surface area contributed by atoms with Gasteiger partial charge in [0, 0.05) is 63.7 Å². The van der Waals surface area contributed by atoms with E-state index in [2.05, 4.69) is 103 Å². The van der Waals surface area contributed by atoms with Crippen LogP contribution in [0.3, 0.4) is 0 Å². The van der Waals surface area contributed by atoms with E-state index in [4.69, 9.17) is 0 Å². The van der Waals surface area contributed by atoms with Crippen LogP contribution in [0.15, 0.2) is 89.4 Å². The minimum absolute atomic E-state index is 0.365. The molecule has 0 bridgehead atoms. The van der Waals surface area contributed by atoms with Crippen molar-refractivity contribution < 1.29 is 0 Å². The van der Waals surface area contributed by atoms with Crippen molar-refractivity contribution in [3.63, 3.8) is 0 Å². The molecule has 0 N–H and O–H groups in total. The maximum Gasteiger partial charge on any atom is 0.0634 e. The summed E-state index contributed by atoms with van der Waals surface area (Å²) in [5.74, 6) is 0.730. The number of thiophene rings is 1. The third-order valence-electron chi connectivity index (χ3n) is 8.62. The van der Waals surface area contributed by atoms with Gasteiger partial charge in [0.15, 0.2) is 0 Å². The van der Waals surface area contributed by atoms with E-state index in [1.807, 2.05) is 34.9 Å². The summed E-state index contributed by atoms with van der Waals surface area (Å²) < 4.78 is 8.92. The second kappa shape index (κ2) is 6.43. The number of rotatable bonds is 0. The lowest BCUT2D eigenvalue weighted by Gasteiger charge is -2.39. The molecule has 4 unspecified atom stereocenters. The number of benzene rings is 1. The number of hydrogen-bond donors (Lipinski definition) is 0. The molecule has 0 saturated heterocycles. The SMILES string of the molecule is C1=CC2c3c(c4c(c5c6ccsc6c6cccn6c35)-n3cccc3C3SC=CC43)-n3cccc3C2S1. The van der Waals surface area contributed by atoms with Gasteiger partial charge in [-0.2, -0.15) is 0 Å². The summed E-state index contributed by atoms with van der Waals surface area (Å²) in [6, 6.07) is 16.0. The average Bonchev–Trinajstić information content (AvgIpc) is 3.73. The first-order valence-electron chi connectivity index (χ1n) is 12.4. The highest BCUT2D eigenvalue weighted by Gasteiger charge is 2.45. The summed E-state index contributed by atoms with van der Waals surface area (Å²) in [6.45, 7) is 0. The van der Waals surface area contributed by atoms with Gasteiger partial charge in [-0.1, -0.05) is 12.2 Å². The minimum Gasteiger partial charge on any atom is -0.319 e. The Bertz CT molecular complexity index is 1990. The van der Waals surface area contributed by atoms with E-state index in [-0.39, 0.29) is 0 Å². The fourth-order valence-electron chi connectivity index (χ4n) is 7.33. The van der Waals surface area contributed by atoms with Crippen LogP contribution in [0.2, 0.25) is 0 Å². The highest BCUT2D eigenvalue weighted by atomic mass is 32.2. The Morgan fingerprint density at radius 2 is 1.39 bits per heavy atom. The van der Waals surface area contributed by atoms with Crippen LogP contribution in [0.1, 0.15) is 44.9 Å². The van der Waals surface area contributed by atoms with Crippen molar-refractivity contribution in [2.24, 2.45) is 0 Å². The highest BCUT2D eigenvalue weighted by molar-refractivity contribution is 8.02. The van der Waals surface area contributed by atoms with Gasteiger partial charge in [-0.05, 0) is 58.7 Å². The normalized spacial score (nSPS) is 24.8. The molecule has 4 aliphatic rings. The Labute approximate surface area is 219 Å². The smallest absolute Gasteiger partial charge is 0.0634 e. The Morgan fingerprint density at radius 3 is 2.17 bits per heavy atom. The summed E-state index contributed by atoms with van der Waals surface area (Å²) in [6.07, 6.45) is 11.8. The Balaban J connectivity index is 1.55. The molecule has 1 aromatic carbocycles. The number of nitrogens with zero attached hydrogens (tertiary/aromatic N) is 3. The first-order valence-corrected chi connectivity index (χ1v) is 15.2. The largest absolute Gasteiger partial charge is 0.319 e. The summed E-state index contributed by atoms with van der Waals surface area (Å²) in [5.41, 5.74) is 11.3. The van der Waals surface area contributed by atoms with Crippen molar-refractivity contribution in [1.82, 2.24) is 13.5 Å². The number of aromatic nitrogens is 3. The third kappa shape index (κ3) is 2.03. The Kier molecular flexibility index (Phi) is 3.41. The predicted octanol–water partition coefficient (Wildman–Crippen LogP) is 8.69. The molecular formula is C30H19N3S3. The average molecular weight is 518 g/mol. The Hall–Kier alpha value is -3.06. The highest BCUT2D eigenvalue weighted by Crippen LogP contribution is 2.62. The molecule has 0 amide bonds. The maximum absolute atomic E-state index is 2.53. The molecule has 0 spiro atoms. The topological polar surface area (TPSA) is 14.3 Å². The lowest BCUT2D eigenvalue weighted by atomic mass is 9.78. The van der Waals surface area contributed by atoms with E-state index in [9.17, 15) is 0 Å². The van der Waals surface area contributed by atoms with Gasteiger partial charge in [0.1, 0.15) is 0 Å². The molecule has 0 aliphatic carbocycles. The van der Waals surface area contributed by atoms with Gasteiger partial charge in [0.25, 0.3) is 0 Å². The molecule has 6 heteroatoms. The fourth-order valence-corrected chi connectivity index (χ4v) is 10.6. The molecule has 6 aromatic rings. The van der Waals surface area contributed by atoms with E-state index in [0.29, 0.717) is 22.3 Å². The maximum atomic E-state index is 2.53. The van der Waals surface area contributed by atoms with Crippen molar-refractivity contribution in [1.29, 1.82) is 0 Å². The molecule has 0 saturated carbocycles. The lowest BCUT2D eigenvalue weighted by Crippen LogP contribution is -2.26. The van der Waals surface area contributed by atoms with Crippen LogP contribution in [-0.4, -0.2) is 13.5 Å². The molecule has 0 radical (unpaired) electrons. The van der Waals surface area contributed by atoms with Crippen LogP contribution in [0.25, 0.3) is 37.9 Å². The van der Waals surface area contributed by atoms with Gasteiger partial charge in [-0.3, -0.25) is 0 Å². The van der Waals surface area contributed by atoms with E-state index in [0.717, 1.165) is 0 Å². The minimum atomic E-state index is 0.365. The van der Waals surface area contributed by atoms with Crippen molar-refractivity contribution in [2.45, 2.75) is 22.3 Å². The van der Waals surface area contributed by atoms with E-state index in [1.165, 1.54) is 60.4 Å². The summed E-state index contributed by atoms with van der Waals surface area (Å²) >= 11 is 5.81. The van der Waals surface area contributed by atoms with Gasteiger partial charge >= 0.3 is 0 Å². The standard InChI is InChI=1S/C30H19N3S3/c1-4-19-28-16(7-13-34-28)22-25(31(19)10-1)23-17-8-14-35-29(17)20-5-2-12-33(20)27(23)24-18-9-15-36-30(18)21-6-3-11-32(21)26(22)24/h1-17,28-29H. The first-order chi connectivity index (χ1) is 17.9. The molecule has 36 heavy (non-hydrogen) atoms. The molecule has 4 aliphatic heterocycles. The monoisotopic (exact) mass is 517 g/mol. The van der Waals surface area contributed by atoms with Crippen LogP contribution in [0.4, 0.5) is 0 Å².